The second kappa shape index (κ2) is 5.70. The van der Waals surface area contributed by atoms with Gasteiger partial charge in [-0.1, -0.05) is 15.9 Å². The van der Waals surface area contributed by atoms with Crippen molar-refractivity contribution in [1.29, 1.82) is 0 Å². The summed E-state index contributed by atoms with van der Waals surface area (Å²) in [6, 6.07) is 8.07. The first-order valence-electron chi connectivity index (χ1n) is 6.18. The van der Waals surface area contributed by atoms with Crippen LogP contribution in [0.2, 0.25) is 0 Å². The summed E-state index contributed by atoms with van der Waals surface area (Å²) in [5.41, 5.74) is 2.12. The molecule has 0 saturated heterocycles. The summed E-state index contributed by atoms with van der Waals surface area (Å²) >= 11 is 3.48. The summed E-state index contributed by atoms with van der Waals surface area (Å²) < 4.78 is 12.1. The third kappa shape index (κ3) is 3.13. The van der Waals surface area contributed by atoms with Crippen LogP contribution in [-0.2, 0) is 0 Å². The lowest BCUT2D eigenvalue weighted by Gasteiger charge is -2.18. The highest BCUT2D eigenvalue weighted by Gasteiger charge is 2.14. The van der Waals surface area contributed by atoms with E-state index < -0.39 is 0 Å². The monoisotopic (exact) mass is 323 g/mol. The first kappa shape index (κ1) is 14.0. The second-order valence-corrected chi connectivity index (χ2v) is 5.53. The maximum atomic E-state index is 5.64. The number of nitrogens with one attached hydrogen (secondary N) is 1. The van der Waals surface area contributed by atoms with Gasteiger partial charge in [-0.25, -0.2) is 0 Å². The van der Waals surface area contributed by atoms with Crippen LogP contribution in [0, 0.1) is 13.8 Å². The minimum atomic E-state index is 0.0856. The van der Waals surface area contributed by atoms with Crippen molar-refractivity contribution in [2.45, 2.75) is 26.8 Å². The van der Waals surface area contributed by atoms with Crippen molar-refractivity contribution in [2.24, 2.45) is 0 Å². The average molecular weight is 324 g/mol. The van der Waals surface area contributed by atoms with E-state index in [1.54, 1.807) is 7.11 Å². The molecule has 0 amide bonds. The Bertz CT molecular complexity index is 578. The van der Waals surface area contributed by atoms with Crippen molar-refractivity contribution < 1.29 is 9.15 Å². The van der Waals surface area contributed by atoms with Crippen LogP contribution in [-0.4, -0.2) is 7.11 Å². The van der Waals surface area contributed by atoms with E-state index >= 15 is 0 Å². The van der Waals surface area contributed by atoms with Crippen LogP contribution < -0.4 is 10.1 Å². The highest BCUT2D eigenvalue weighted by molar-refractivity contribution is 9.10. The molecule has 0 saturated carbocycles. The van der Waals surface area contributed by atoms with Gasteiger partial charge in [-0.05, 0) is 50.6 Å². The van der Waals surface area contributed by atoms with Gasteiger partial charge in [-0.3, -0.25) is 0 Å². The SMILES string of the molecule is COc1cc(Br)cc(C)c1NC(C)c1ccc(C)o1. The number of hydrogen-bond donors (Lipinski definition) is 1. The molecule has 2 rings (SSSR count). The van der Waals surface area contributed by atoms with Gasteiger partial charge in [0.15, 0.2) is 0 Å². The predicted molar refractivity (Wildman–Crippen MR) is 80.9 cm³/mol. The van der Waals surface area contributed by atoms with E-state index in [-0.39, 0.29) is 6.04 Å². The average Bonchev–Trinajstić information content (AvgIpc) is 2.78. The van der Waals surface area contributed by atoms with Crippen LogP contribution in [0.15, 0.2) is 33.2 Å². The van der Waals surface area contributed by atoms with Gasteiger partial charge in [0.1, 0.15) is 17.3 Å². The molecule has 4 heteroatoms. The Morgan fingerprint density at radius 2 is 2.00 bits per heavy atom. The molecule has 0 radical (unpaired) electrons. The number of rotatable bonds is 4. The van der Waals surface area contributed by atoms with E-state index in [0.29, 0.717) is 0 Å². The Balaban J connectivity index is 2.28. The second-order valence-electron chi connectivity index (χ2n) is 4.61. The Morgan fingerprint density at radius 3 is 2.58 bits per heavy atom. The summed E-state index contributed by atoms with van der Waals surface area (Å²) in [5, 5.41) is 3.45. The van der Waals surface area contributed by atoms with Crippen molar-refractivity contribution >= 4 is 21.6 Å². The standard InChI is InChI=1S/C15H18BrNO2/c1-9-7-12(16)8-14(18-4)15(9)17-11(3)13-6-5-10(2)19-13/h5-8,11,17H,1-4H3. The third-order valence-corrected chi connectivity index (χ3v) is 3.49. The molecule has 0 aliphatic carbocycles. The van der Waals surface area contributed by atoms with Gasteiger partial charge < -0.3 is 14.5 Å². The molecule has 1 aromatic heterocycles. The molecule has 1 unspecified atom stereocenters. The fourth-order valence-corrected chi connectivity index (χ4v) is 2.58. The van der Waals surface area contributed by atoms with Crippen molar-refractivity contribution in [2.75, 3.05) is 12.4 Å². The zero-order chi connectivity index (χ0) is 14.0. The molecule has 1 N–H and O–H groups in total. The number of halogens is 1. The highest BCUT2D eigenvalue weighted by Crippen LogP contribution is 2.34. The van der Waals surface area contributed by atoms with Gasteiger partial charge in [-0.15, -0.1) is 0 Å². The maximum Gasteiger partial charge on any atom is 0.143 e. The lowest BCUT2D eigenvalue weighted by atomic mass is 10.1. The third-order valence-electron chi connectivity index (χ3n) is 3.03. The Kier molecular flexibility index (Phi) is 4.20. The number of ether oxygens (including phenoxy) is 1. The number of methoxy groups -OCH3 is 1. The normalized spacial score (nSPS) is 12.3. The predicted octanol–water partition coefficient (Wildman–Crippen LogP) is 4.84. The molecule has 102 valence electrons. The molecule has 1 aromatic carbocycles. The molecular weight excluding hydrogens is 306 g/mol. The molecular formula is C15H18BrNO2. The van der Waals surface area contributed by atoms with Crippen LogP contribution in [0.4, 0.5) is 5.69 Å². The Hall–Kier alpha value is -1.42. The molecule has 0 fully saturated rings. The van der Waals surface area contributed by atoms with Crippen LogP contribution in [0.25, 0.3) is 0 Å². The highest BCUT2D eigenvalue weighted by atomic mass is 79.9. The lowest BCUT2D eigenvalue weighted by molar-refractivity contribution is 0.414. The lowest BCUT2D eigenvalue weighted by Crippen LogP contribution is -2.08. The topological polar surface area (TPSA) is 34.4 Å². The minimum Gasteiger partial charge on any atom is -0.495 e. The van der Waals surface area contributed by atoms with Crippen LogP contribution in [0.3, 0.4) is 0 Å². The van der Waals surface area contributed by atoms with E-state index in [4.69, 9.17) is 9.15 Å². The Morgan fingerprint density at radius 1 is 1.26 bits per heavy atom. The molecule has 1 atom stereocenters. The van der Waals surface area contributed by atoms with Crippen molar-refractivity contribution in [3.8, 4) is 5.75 Å². The fraction of sp³-hybridized carbons (Fsp3) is 0.333. The van der Waals surface area contributed by atoms with Crippen LogP contribution >= 0.6 is 15.9 Å². The molecule has 1 heterocycles. The number of benzene rings is 1. The quantitative estimate of drug-likeness (QED) is 0.874. The van der Waals surface area contributed by atoms with Crippen molar-refractivity contribution in [1.82, 2.24) is 0 Å². The van der Waals surface area contributed by atoms with Gasteiger partial charge in [0, 0.05) is 4.47 Å². The molecule has 19 heavy (non-hydrogen) atoms. The largest absolute Gasteiger partial charge is 0.495 e. The van der Waals surface area contributed by atoms with E-state index in [1.807, 2.05) is 25.1 Å². The van der Waals surface area contributed by atoms with E-state index in [9.17, 15) is 0 Å². The van der Waals surface area contributed by atoms with Crippen LogP contribution in [0.5, 0.6) is 5.75 Å². The van der Waals surface area contributed by atoms with Crippen LogP contribution in [0.1, 0.15) is 30.0 Å². The van der Waals surface area contributed by atoms with Gasteiger partial charge in [-0.2, -0.15) is 0 Å². The van der Waals surface area contributed by atoms with Gasteiger partial charge in [0.25, 0.3) is 0 Å². The number of anilines is 1. The number of aryl methyl sites for hydroxylation is 2. The zero-order valence-corrected chi connectivity index (χ0v) is 13.2. The molecule has 2 aromatic rings. The van der Waals surface area contributed by atoms with E-state index in [1.165, 1.54) is 0 Å². The summed E-state index contributed by atoms with van der Waals surface area (Å²) in [5.74, 6) is 2.66. The zero-order valence-electron chi connectivity index (χ0n) is 11.6. The van der Waals surface area contributed by atoms with Crippen molar-refractivity contribution in [3.63, 3.8) is 0 Å². The molecule has 3 nitrogen and oxygen atoms in total. The molecule has 0 aliphatic rings. The summed E-state index contributed by atoms with van der Waals surface area (Å²) in [4.78, 5) is 0. The Labute approximate surface area is 122 Å². The first-order chi connectivity index (χ1) is 9.01. The van der Waals surface area contributed by atoms with E-state index in [0.717, 1.165) is 33.0 Å². The molecule has 0 spiro atoms. The summed E-state index contributed by atoms with van der Waals surface area (Å²) in [7, 11) is 1.67. The van der Waals surface area contributed by atoms with Crippen molar-refractivity contribution in [3.05, 3.63) is 45.8 Å². The fourth-order valence-electron chi connectivity index (χ4n) is 2.03. The minimum absolute atomic E-state index is 0.0856. The number of furan rings is 1. The molecule has 0 bridgehead atoms. The first-order valence-corrected chi connectivity index (χ1v) is 6.97. The van der Waals surface area contributed by atoms with E-state index in [2.05, 4.69) is 41.2 Å². The summed E-state index contributed by atoms with van der Waals surface area (Å²) in [6.45, 7) is 6.07. The van der Waals surface area contributed by atoms with Gasteiger partial charge >= 0.3 is 0 Å². The summed E-state index contributed by atoms with van der Waals surface area (Å²) in [6.07, 6.45) is 0. The molecule has 0 aliphatic heterocycles. The maximum absolute atomic E-state index is 5.64. The van der Waals surface area contributed by atoms with Gasteiger partial charge in [0.05, 0.1) is 18.8 Å². The van der Waals surface area contributed by atoms with Gasteiger partial charge in [0.2, 0.25) is 0 Å². The number of hydrogen-bond acceptors (Lipinski definition) is 3. The smallest absolute Gasteiger partial charge is 0.143 e.